The second-order valence-corrected chi connectivity index (χ2v) is 6.41. The summed E-state index contributed by atoms with van der Waals surface area (Å²) >= 11 is 0. The number of nitrogens with zero attached hydrogens (tertiary/aromatic N) is 3. The molecule has 1 unspecified atom stereocenters. The van der Waals surface area contributed by atoms with E-state index in [4.69, 9.17) is 0 Å². The fourth-order valence-corrected chi connectivity index (χ4v) is 3.67. The van der Waals surface area contributed by atoms with Crippen LogP contribution >= 0.6 is 0 Å². The van der Waals surface area contributed by atoms with Gasteiger partial charge in [-0.25, -0.2) is 10.0 Å². The molecule has 0 radical (unpaired) electrons. The monoisotopic (exact) mass is 368 g/mol. The average Bonchev–Trinajstić information content (AvgIpc) is 2.84. The van der Waals surface area contributed by atoms with Crippen LogP contribution in [-0.2, 0) is 14.4 Å². The Morgan fingerprint density at radius 3 is 2.26 bits per heavy atom. The molecule has 9 nitrogen and oxygen atoms in total. The zero-order chi connectivity index (χ0) is 19.3. The van der Waals surface area contributed by atoms with Crippen LogP contribution in [-0.4, -0.2) is 57.1 Å². The molecule has 0 aromatic heterocycles. The SMILES string of the molecule is O=C([O-])C1=CCCN2C(=O)CCC(N3C(=O)c4ccccc4C3=O)C(=O)N12. The second-order valence-electron chi connectivity index (χ2n) is 6.41. The van der Waals surface area contributed by atoms with Gasteiger partial charge in [-0.3, -0.25) is 24.1 Å². The lowest BCUT2D eigenvalue weighted by molar-refractivity contribution is -0.302. The predicted octanol–water partition coefficient (Wildman–Crippen LogP) is -0.945. The van der Waals surface area contributed by atoms with E-state index in [-0.39, 0.29) is 36.9 Å². The van der Waals surface area contributed by atoms with Crippen molar-refractivity contribution >= 4 is 29.6 Å². The number of hydrazine groups is 1. The number of imide groups is 1. The molecule has 1 aromatic rings. The van der Waals surface area contributed by atoms with Crippen molar-refractivity contribution in [1.82, 2.24) is 14.9 Å². The van der Waals surface area contributed by atoms with Crippen molar-refractivity contribution in [2.45, 2.75) is 25.3 Å². The Kier molecular flexibility index (Phi) is 3.79. The molecule has 138 valence electrons. The number of aliphatic carboxylic acids is 1. The van der Waals surface area contributed by atoms with Crippen LogP contribution in [0.2, 0.25) is 0 Å². The number of carbonyl (C=O) groups is 5. The van der Waals surface area contributed by atoms with Crippen molar-refractivity contribution in [1.29, 1.82) is 0 Å². The maximum atomic E-state index is 13.1. The minimum absolute atomic E-state index is 0.0730. The average molecular weight is 368 g/mol. The summed E-state index contributed by atoms with van der Waals surface area (Å²) in [5.74, 6) is -4.14. The molecule has 1 fully saturated rings. The number of carbonyl (C=O) groups excluding carboxylic acids is 5. The number of fused-ring (bicyclic) bond motifs is 2. The summed E-state index contributed by atoms with van der Waals surface area (Å²) in [6.45, 7) is 0.135. The first kappa shape index (κ1) is 17.0. The van der Waals surface area contributed by atoms with Crippen LogP contribution in [0, 0.1) is 0 Å². The van der Waals surface area contributed by atoms with Crippen LogP contribution in [0.5, 0.6) is 0 Å². The lowest BCUT2D eigenvalue weighted by Gasteiger charge is -2.39. The molecule has 0 aliphatic carbocycles. The molecule has 0 N–H and O–H groups in total. The van der Waals surface area contributed by atoms with Gasteiger partial charge in [-0.2, -0.15) is 0 Å². The molecule has 3 aliphatic rings. The van der Waals surface area contributed by atoms with Crippen molar-refractivity contribution in [2.75, 3.05) is 6.54 Å². The van der Waals surface area contributed by atoms with Crippen LogP contribution in [0.1, 0.15) is 40.0 Å². The molecule has 3 aliphatic heterocycles. The van der Waals surface area contributed by atoms with E-state index in [1.54, 1.807) is 12.1 Å². The molecule has 27 heavy (non-hydrogen) atoms. The van der Waals surface area contributed by atoms with E-state index in [1.165, 1.54) is 18.2 Å². The Balaban J connectivity index is 1.76. The Hall–Kier alpha value is -3.49. The minimum atomic E-state index is -1.61. The first-order chi connectivity index (χ1) is 12.9. The first-order valence-electron chi connectivity index (χ1n) is 8.44. The van der Waals surface area contributed by atoms with E-state index in [0.717, 1.165) is 14.9 Å². The van der Waals surface area contributed by atoms with E-state index >= 15 is 0 Å². The van der Waals surface area contributed by atoms with E-state index in [0.29, 0.717) is 0 Å². The summed E-state index contributed by atoms with van der Waals surface area (Å²) in [5, 5.41) is 13.2. The largest absolute Gasteiger partial charge is 0.543 e. The van der Waals surface area contributed by atoms with Crippen molar-refractivity contribution in [2.24, 2.45) is 0 Å². The highest BCUT2D eigenvalue weighted by Gasteiger charge is 2.48. The third-order valence-electron chi connectivity index (χ3n) is 4.91. The van der Waals surface area contributed by atoms with Crippen LogP contribution in [0.4, 0.5) is 0 Å². The van der Waals surface area contributed by atoms with Gasteiger partial charge in [0, 0.05) is 13.0 Å². The summed E-state index contributed by atoms with van der Waals surface area (Å²) in [7, 11) is 0. The van der Waals surface area contributed by atoms with Gasteiger partial charge in [-0.05, 0) is 25.0 Å². The Bertz CT molecular complexity index is 902. The number of hydrogen-bond donors (Lipinski definition) is 0. The summed E-state index contributed by atoms with van der Waals surface area (Å²) in [5.41, 5.74) is -0.0998. The molecule has 1 atom stereocenters. The molecular weight excluding hydrogens is 354 g/mol. The maximum absolute atomic E-state index is 13.1. The highest BCUT2D eigenvalue weighted by molar-refractivity contribution is 6.23. The lowest BCUT2D eigenvalue weighted by Crippen LogP contribution is -2.57. The molecule has 1 saturated heterocycles. The molecule has 3 heterocycles. The van der Waals surface area contributed by atoms with Gasteiger partial charge < -0.3 is 9.90 Å². The van der Waals surface area contributed by atoms with Crippen LogP contribution < -0.4 is 5.11 Å². The molecular formula is C18H14N3O6-. The van der Waals surface area contributed by atoms with E-state index in [1.807, 2.05) is 0 Å². The summed E-state index contributed by atoms with van der Waals surface area (Å²) in [4.78, 5) is 63.2. The molecule has 0 spiro atoms. The third kappa shape index (κ3) is 2.42. The summed E-state index contributed by atoms with van der Waals surface area (Å²) in [6, 6.07) is 4.92. The van der Waals surface area contributed by atoms with Gasteiger partial charge in [0.25, 0.3) is 17.7 Å². The van der Waals surface area contributed by atoms with Gasteiger partial charge in [0.2, 0.25) is 5.91 Å². The smallest absolute Gasteiger partial charge is 0.269 e. The van der Waals surface area contributed by atoms with Gasteiger partial charge in [0.1, 0.15) is 6.04 Å². The number of carboxylic acid groups (broad SMARTS) is 1. The van der Waals surface area contributed by atoms with Crippen molar-refractivity contribution in [3.8, 4) is 0 Å². The van der Waals surface area contributed by atoms with Gasteiger partial charge in [-0.15, -0.1) is 0 Å². The standard InChI is InChI=1S/C18H15N3O6/c22-14-8-7-12(17(25)21-13(18(26)27)6-3-9-19(14)21)20-15(23)10-4-1-2-5-11(10)16(20)24/h1-2,4-6,12H,3,7-9H2,(H,26,27)/p-1. The molecule has 0 saturated carbocycles. The van der Waals surface area contributed by atoms with E-state index in [2.05, 4.69) is 0 Å². The van der Waals surface area contributed by atoms with Crippen molar-refractivity contribution < 1.29 is 29.1 Å². The second kappa shape index (κ2) is 6.04. The number of amides is 4. The summed E-state index contributed by atoms with van der Waals surface area (Å²) < 4.78 is 0. The number of benzene rings is 1. The summed E-state index contributed by atoms with van der Waals surface area (Å²) in [6.07, 6.45) is 1.38. The minimum Gasteiger partial charge on any atom is -0.543 e. The molecule has 1 aromatic carbocycles. The topological polar surface area (TPSA) is 118 Å². The third-order valence-corrected chi connectivity index (χ3v) is 4.91. The van der Waals surface area contributed by atoms with Crippen LogP contribution in [0.3, 0.4) is 0 Å². The van der Waals surface area contributed by atoms with Crippen molar-refractivity contribution in [3.63, 3.8) is 0 Å². The zero-order valence-corrected chi connectivity index (χ0v) is 14.1. The van der Waals surface area contributed by atoms with Gasteiger partial charge in [0.05, 0.1) is 22.8 Å². The Labute approximate surface area is 153 Å². The quantitative estimate of drug-likeness (QED) is 0.622. The molecule has 9 heteroatoms. The fourth-order valence-electron chi connectivity index (χ4n) is 3.67. The van der Waals surface area contributed by atoms with Gasteiger partial charge >= 0.3 is 0 Å². The molecule has 0 bridgehead atoms. The van der Waals surface area contributed by atoms with Crippen molar-refractivity contribution in [3.05, 3.63) is 47.2 Å². The number of hydrogen-bond acceptors (Lipinski definition) is 6. The zero-order valence-electron chi connectivity index (χ0n) is 14.1. The Morgan fingerprint density at radius 2 is 1.67 bits per heavy atom. The van der Waals surface area contributed by atoms with Gasteiger partial charge in [0.15, 0.2) is 0 Å². The Morgan fingerprint density at radius 1 is 1.04 bits per heavy atom. The predicted molar refractivity (Wildman–Crippen MR) is 86.2 cm³/mol. The van der Waals surface area contributed by atoms with E-state index < -0.39 is 41.3 Å². The van der Waals surface area contributed by atoms with Gasteiger partial charge in [-0.1, -0.05) is 18.2 Å². The maximum Gasteiger partial charge on any atom is 0.269 e. The van der Waals surface area contributed by atoms with E-state index in [9.17, 15) is 29.1 Å². The van der Waals surface area contributed by atoms with Crippen LogP contribution in [0.25, 0.3) is 0 Å². The fraction of sp³-hybridized carbons (Fsp3) is 0.278. The number of carboxylic acids is 1. The normalized spacial score (nSPS) is 22.4. The number of rotatable bonds is 2. The highest BCUT2D eigenvalue weighted by atomic mass is 16.4. The lowest BCUT2D eigenvalue weighted by atomic mass is 10.1. The molecule has 4 rings (SSSR count). The molecule has 4 amide bonds. The first-order valence-corrected chi connectivity index (χ1v) is 8.44. The highest BCUT2D eigenvalue weighted by Crippen LogP contribution is 2.31. The van der Waals surface area contributed by atoms with Crippen LogP contribution in [0.15, 0.2) is 36.0 Å².